The highest BCUT2D eigenvalue weighted by Gasteiger charge is 2.43. The number of hydrazone groups is 1. The minimum atomic E-state index is -0.113. The highest BCUT2D eigenvalue weighted by molar-refractivity contribution is 9.11. The Labute approximate surface area is 219 Å². The van der Waals surface area contributed by atoms with Crippen molar-refractivity contribution in [1.29, 1.82) is 0 Å². The molecule has 0 saturated heterocycles. The maximum Gasteiger partial charge on any atom is 0.274 e. The third kappa shape index (κ3) is 4.79. The lowest BCUT2D eigenvalue weighted by atomic mass is 9.77. The van der Waals surface area contributed by atoms with E-state index in [0.29, 0.717) is 5.56 Å². The number of rotatable bonds is 3. The average molecular weight is 629 g/mol. The van der Waals surface area contributed by atoms with E-state index < -0.39 is 0 Å². The van der Waals surface area contributed by atoms with E-state index in [4.69, 9.17) is 5.10 Å². The molecule has 2 atom stereocenters. The number of allylic oxidation sites excluding steroid dienone is 1. The second kappa shape index (κ2) is 9.69. The Morgan fingerprint density at radius 2 is 1.42 bits per heavy atom. The number of carbonyl (C=O) groups is 1. The van der Waals surface area contributed by atoms with Crippen molar-refractivity contribution in [3.63, 3.8) is 0 Å². The number of nitrogens with zero attached hydrogens (tertiary/aromatic N) is 2. The first-order valence-corrected chi connectivity index (χ1v) is 13.3. The molecule has 1 heterocycles. The molecule has 6 heteroatoms. The van der Waals surface area contributed by atoms with Gasteiger partial charge in [0.15, 0.2) is 0 Å². The summed E-state index contributed by atoms with van der Waals surface area (Å²) in [5.74, 6) is 0.112. The zero-order valence-electron chi connectivity index (χ0n) is 17.7. The lowest BCUT2D eigenvalue weighted by Gasteiger charge is -2.29. The second-order valence-corrected chi connectivity index (χ2v) is 11.1. The summed E-state index contributed by atoms with van der Waals surface area (Å²) in [5.41, 5.74) is 5.16. The summed E-state index contributed by atoms with van der Waals surface area (Å²) >= 11 is 10.5. The molecule has 2 aliphatic rings. The number of hydrogen-bond acceptors (Lipinski definition) is 2. The Balaban J connectivity index is 1.57. The monoisotopic (exact) mass is 626 g/mol. The molecule has 1 aliphatic carbocycles. The van der Waals surface area contributed by atoms with Gasteiger partial charge in [0.25, 0.3) is 5.91 Å². The zero-order chi connectivity index (χ0) is 22.9. The largest absolute Gasteiger partial charge is 0.274 e. The van der Waals surface area contributed by atoms with Crippen LogP contribution in [-0.2, 0) is 0 Å². The number of amides is 1. The quantitative estimate of drug-likeness (QED) is 0.287. The highest BCUT2D eigenvalue weighted by atomic mass is 79.9. The van der Waals surface area contributed by atoms with Crippen LogP contribution in [0.4, 0.5) is 0 Å². The molecule has 3 aromatic carbocycles. The first-order valence-electron chi connectivity index (χ1n) is 10.9. The molecule has 0 spiro atoms. The van der Waals surface area contributed by atoms with Crippen molar-refractivity contribution >= 4 is 65.5 Å². The van der Waals surface area contributed by atoms with Crippen LogP contribution in [0, 0.1) is 5.92 Å². The molecule has 0 N–H and O–H groups in total. The van der Waals surface area contributed by atoms with Crippen molar-refractivity contribution in [2.45, 2.75) is 25.3 Å². The lowest BCUT2D eigenvalue weighted by molar-refractivity contribution is 0.0681. The third-order valence-corrected chi connectivity index (χ3v) is 7.81. The van der Waals surface area contributed by atoms with E-state index in [1.165, 1.54) is 5.57 Å². The maximum atomic E-state index is 13.6. The summed E-state index contributed by atoms with van der Waals surface area (Å²) in [4.78, 5) is 13.6. The van der Waals surface area contributed by atoms with E-state index in [0.717, 1.165) is 49.5 Å². The molecule has 1 amide bonds. The summed E-state index contributed by atoms with van der Waals surface area (Å²) in [6.07, 6.45) is 5.29. The topological polar surface area (TPSA) is 32.7 Å². The lowest BCUT2D eigenvalue weighted by Crippen LogP contribution is -2.31. The van der Waals surface area contributed by atoms with Crippen molar-refractivity contribution in [3.8, 4) is 0 Å². The van der Waals surface area contributed by atoms with Gasteiger partial charge in [0, 0.05) is 24.9 Å². The number of carbonyl (C=O) groups excluding carboxylic acids is 1. The molecule has 33 heavy (non-hydrogen) atoms. The fraction of sp³-hybridized carbons (Fsp3) is 0.185. The van der Waals surface area contributed by atoms with E-state index in [9.17, 15) is 4.79 Å². The summed E-state index contributed by atoms with van der Waals surface area (Å²) in [6.45, 7) is 0. The first-order chi connectivity index (χ1) is 16.0. The Hall–Kier alpha value is -2.02. The molecular weight excluding hydrogens is 608 g/mol. The number of fused-ring (bicyclic) bond motifs is 1. The summed E-state index contributed by atoms with van der Waals surface area (Å²) in [6, 6.07) is 24.0. The molecular formula is C27H21Br3N2O. The third-order valence-electron chi connectivity index (χ3n) is 6.22. The van der Waals surface area contributed by atoms with Gasteiger partial charge in [-0.2, -0.15) is 5.10 Å². The number of halogens is 3. The highest BCUT2D eigenvalue weighted by Crippen LogP contribution is 2.45. The Bertz CT molecular complexity index is 1230. The van der Waals surface area contributed by atoms with E-state index in [2.05, 4.69) is 90.3 Å². The fourth-order valence-electron chi connectivity index (χ4n) is 4.65. The van der Waals surface area contributed by atoms with Crippen molar-refractivity contribution < 1.29 is 4.79 Å². The summed E-state index contributed by atoms with van der Waals surface area (Å²) in [5, 5.41) is 6.70. The molecule has 5 rings (SSSR count). The smallest absolute Gasteiger partial charge is 0.267 e. The van der Waals surface area contributed by atoms with Gasteiger partial charge in [0.05, 0.1) is 11.8 Å². The van der Waals surface area contributed by atoms with Crippen LogP contribution >= 0.6 is 47.8 Å². The van der Waals surface area contributed by atoms with E-state index in [-0.39, 0.29) is 17.9 Å². The van der Waals surface area contributed by atoms with Gasteiger partial charge >= 0.3 is 0 Å². The van der Waals surface area contributed by atoms with Crippen LogP contribution in [0.5, 0.6) is 0 Å². The number of hydrogen-bond donors (Lipinski definition) is 0. The molecule has 3 nitrogen and oxygen atoms in total. The van der Waals surface area contributed by atoms with Gasteiger partial charge in [0.1, 0.15) is 0 Å². The Morgan fingerprint density at radius 1 is 0.848 bits per heavy atom. The normalized spacial score (nSPS) is 21.1. The van der Waals surface area contributed by atoms with E-state index >= 15 is 0 Å². The van der Waals surface area contributed by atoms with Crippen molar-refractivity contribution in [2.75, 3.05) is 0 Å². The number of benzene rings is 3. The Morgan fingerprint density at radius 3 is 2.06 bits per heavy atom. The summed E-state index contributed by atoms with van der Waals surface area (Å²) in [7, 11) is 0. The van der Waals surface area contributed by atoms with E-state index in [1.54, 1.807) is 5.01 Å². The van der Waals surface area contributed by atoms with Gasteiger partial charge in [0.2, 0.25) is 0 Å². The fourth-order valence-corrected chi connectivity index (χ4v) is 5.44. The molecule has 1 saturated carbocycles. The first kappa shape index (κ1) is 22.8. The van der Waals surface area contributed by atoms with Crippen molar-refractivity contribution in [3.05, 3.63) is 108 Å². The molecule has 0 unspecified atom stereocenters. The molecule has 1 fully saturated rings. The van der Waals surface area contributed by atoms with Crippen LogP contribution in [0.25, 0.3) is 6.08 Å². The molecule has 0 radical (unpaired) electrons. The van der Waals surface area contributed by atoms with Crippen LogP contribution in [0.2, 0.25) is 0 Å². The molecule has 1 aliphatic heterocycles. The van der Waals surface area contributed by atoms with Gasteiger partial charge in [-0.1, -0.05) is 72.1 Å². The predicted octanol–water partition coefficient (Wildman–Crippen LogP) is 8.41. The summed E-state index contributed by atoms with van der Waals surface area (Å²) < 4.78 is 3.03. The van der Waals surface area contributed by atoms with Gasteiger partial charge in [-0.3, -0.25) is 4.79 Å². The van der Waals surface area contributed by atoms with Crippen LogP contribution in [0.1, 0.15) is 46.8 Å². The minimum absolute atomic E-state index is 0.0692. The van der Waals surface area contributed by atoms with E-state index in [1.807, 2.05) is 36.4 Å². The Kier molecular flexibility index (Phi) is 6.68. The van der Waals surface area contributed by atoms with Crippen LogP contribution in [-0.4, -0.2) is 16.6 Å². The van der Waals surface area contributed by atoms with Gasteiger partial charge < -0.3 is 0 Å². The molecule has 0 bridgehead atoms. The van der Waals surface area contributed by atoms with Crippen molar-refractivity contribution in [2.24, 2.45) is 11.0 Å². The van der Waals surface area contributed by atoms with Gasteiger partial charge in [-0.05, 0) is 90.6 Å². The minimum Gasteiger partial charge on any atom is -0.267 e. The average Bonchev–Trinajstić information content (AvgIpc) is 3.22. The molecule has 0 aromatic heterocycles. The predicted molar refractivity (Wildman–Crippen MR) is 144 cm³/mol. The standard InChI is InChI=1S/C27H21Br3N2O/c28-21-10-4-17(5-11-21)16-20-2-1-3-24-25(20)31-32(26(24)18-6-12-22(29)13-7-18)27(33)19-8-14-23(30)15-9-19/h4-16,24,26H,1-3H2/b20-16+/t24-,26+/m0/s1. The van der Waals surface area contributed by atoms with Gasteiger partial charge in [-0.15, -0.1) is 0 Å². The van der Waals surface area contributed by atoms with Crippen LogP contribution < -0.4 is 0 Å². The van der Waals surface area contributed by atoms with Gasteiger partial charge in [-0.25, -0.2) is 5.01 Å². The molecule has 166 valence electrons. The van der Waals surface area contributed by atoms with Crippen molar-refractivity contribution in [1.82, 2.24) is 5.01 Å². The molecule has 3 aromatic rings. The SMILES string of the molecule is O=C(c1ccc(Br)cc1)N1N=C2/C(=C/c3ccc(Br)cc3)CCC[C@@H]2[C@H]1c1ccc(Br)cc1. The van der Waals surface area contributed by atoms with Crippen LogP contribution in [0.15, 0.2) is 96.9 Å². The maximum absolute atomic E-state index is 13.6. The zero-order valence-corrected chi connectivity index (χ0v) is 22.5. The van der Waals surface area contributed by atoms with Crippen LogP contribution in [0.3, 0.4) is 0 Å². The second-order valence-electron chi connectivity index (χ2n) is 8.36.